The fourth-order valence-corrected chi connectivity index (χ4v) is 3.42. The third kappa shape index (κ3) is 3.40. The molecule has 3 nitrogen and oxygen atoms in total. The predicted molar refractivity (Wildman–Crippen MR) is 75.3 cm³/mol. The van der Waals surface area contributed by atoms with Crippen LogP contribution in [0.2, 0.25) is 0 Å². The fraction of sp³-hybridized carbons (Fsp3) is 0.417. The van der Waals surface area contributed by atoms with Crippen LogP contribution in [0.15, 0.2) is 28.3 Å². The summed E-state index contributed by atoms with van der Waals surface area (Å²) in [5.41, 5.74) is 1.29. The molecular weight excluding hydrogens is 298 g/mol. The monoisotopic (exact) mass is 313 g/mol. The SMILES string of the molecule is CNC(CCc1cnn(C)c1)c1ccc(Br)s1. The van der Waals surface area contributed by atoms with Gasteiger partial charge in [0.05, 0.1) is 9.98 Å². The molecule has 0 amide bonds. The Hall–Kier alpha value is -0.650. The highest BCUT2D eigenvalue weighted by molar-refractivity contribution is 9.11. The van der Waals surface area contributed by atoms with Gasteiger partial charge < -0.3 is 5.32 Å². The maximum Gasteiger partial charge on any atom is 0.0701 e. The lowest BCUT2D eigenvalue weighted by atomic mass is 10.1. The molecule has 0 aliphatic heterocycles. The molecule has 2 rings (SSSR count). The van der Waals surface area contributed by atoms with Gasteiger partial charge in [-0.25, -0.2) is 0 Å². The fourth-order valence-electron chi connectivity index (χ4n) is 1.86. The van der Waals surface area contributed by atoms with Crippen LogP contribution in [0.25, 0.3) is 0 Å². The summed E-state index contributed by atoms with van der Waals surface area (Å²) in [6.45, 7) is 0. The quantitative estimate of drug-likeness (QED) is 0.919. The van der Waals surface area contributed by atoms with Gasteiger partial charge in [0.1, 0.15) is 0 Å². The van der Waals surface area contributed by atoms with Crippen molar-refractivity contribution in [1.82, 2.24) is 15.1 Å². The van der Waals surface area contributed by atoms with E-state index in [2.05, 4.69) is 44.7 Å². The van der Waals surface area contributed by atoms with Crippen molar-refractivity contribution < 1.29 is 0 Å². The van der Waals surface area contributed by atoms with Gasteiger partial charge in [-0.05, 0) is 53.5 Å². The Morgan fingerprint density at radius 2 is 2.35 bits per heavy atom. The maximum absolute atomic E-state index is 4.19. The minimum atomic E-state index is 0.423. The van der Waals surface area contributed by atoms with E-state index in [0.717, 1.165) is 12.8 Å². The largest absolute Gasteiger partial charge is 0.312 e. The molecule has 0 aliphatic carbocycles. The molecule has 1 unspecified atom stereocenters. The summed E-state index contributed by atoms with van der Waals surface area (Å²) in [5.74, 6) is 0. The molecule has 92 valence electrons. The first-order valence-electron chi connectivity index (χ1n) is 5.59. The van der Waals surface area contributed by atoms with Gasteiger partial charge in [-0.1, -0.05) is 0 Å². The number of halogens is 1. The summed E-state index contributed by atoms with van der Waals surface area (Å²) < 4.78 is 3.04. The molecule has 0 aliphatic rings. The standard InChI is InChI=1S/C12H16BrN3S/c1-14-10(11-5-6-12(13)17-11)4-3-9-7-15-16(2)8-9/h5-8,10,14H,3-4H2,1-2H3. The Morgan fingerprint density at radius 3 is 2.88 bits per heavy atom. The number of aromatic nitrogens is 2. The smallest absolute Gasteiger partial charge is 0.0701 e. The van der Waals surface area contributed by atoms with Gasteiger partial charge in [0.2, 0.25) is 0 Å². The van der Waals surface area contributed by atoms with E-state index in [1.165, 1.54) is 14.2 Å². The molecule has 2 heterocycles. The van der Waals surface area contributed by atoms with Crippen LogP contribution in [0.1, 0.15) is 22.9 Å². The Labute approximate surface area is 114 Å². The van der Waals surface area contributed by atoms with E-state index in [1.807, 2.05) is 25.0 Å². The first-order valence-corrected chi connectivity index (χ1v) is 7.20. The summed E-state index contributed by atoms with van der Waals surface area (Å²) >= 11 is 5.30. The lowest BCUT2D eigenvalue weighted by Gasteiger charge is -2.13. The van der Waals surface area contributed by atoms with Gasteiger partial charge in [0.15, 0.2) is 0 Å². The molecule has 0 aromatic carbocycles. The summed E-state index contributed by atoms with van der Waals surface area (Å²) in [6.07, 6.45) is 6.16. The number of thiophene rings is 1. The molecule has 1 N–H and O–H groups in total. The first-order chi connectivity index (χ1) is 8.19. The Balaban J connectivity index is 1.96. The van der Waals surface area contributed by atoms with Crippen molar-refractivity contribution in [2.24, 2.45) is 7.05 Å². The molecule has 2 aromatic rings. The highest BCUT2D eigenvalue weighted by Crippen LogP contribution is 2.29. The maximum atomic E-state index is 4.19. The van der Waals surface area contributed by atoms with Crippen molar-refractivity contribution in [3.8, 4) is 0 Å². The molecule has 0 saturated carbocycles. The minimum Gasteiger partial charge on any atom is -0.312 e. The summed E-state index contributed by atoms with van der Waals surface area (Å²) in [6, 6.07) is 4.71. The van der Waals surface area contributed by atoms with Crippen molar-refractivity contribution in [3.05, 3.63) is 38.8 Å². The van der Waals surface area contributed by atoms with Gasteiger partial charge >= 0.3 is 0 Å². The molecule has 0 radical (unpaired) electrons. The lowest BCUT2D eigenvalue weighted by Crippen LogP contribution is -2.15. The number of aryl methyl sites for hydroxylation is 2. The van der Waals surface area contributed by atoms with E-state index in [4.69, 9.17) is 0 Å². The Kier molecular flexibility index (Phi) is 4.36. The predicted octanol–water partition coefficient (Wildman–Crippen LogP) is 3.14. The molecular formula is C12H16BrN3S. The lowest BCUT2D eigenvalue weighted by molar-refractivity contribution is 0.558. The number of rotatable bonds is 5. The van der Waals surface area contributed by atoms with Gasteiger partial charge in [0.25, 0.3) is 0 Å². The summed E-state index contributed by atoms with van der Waals surface area (Å²) in [5, 5.41) is 7.56. The van der Waals surface area contributed by atoms with Crippen LogP contribution in [0.3, 0.4) is 0 Å². The van der Waals surface area contributed by atoms with E-state index in [9.17, 15) is 0 Å². The van der Waals surface area contributed by atoms with Crippen LogP contribution in [0, 0.1) is 0 Å². The second-order valence-electron chi connectivity index (χ2n) is 4.04. The zero-order valence-corrected chi connectivity index (χ0v) is 12.4. The summed E-state index contributed by atoms with van der Waals surface area (Å²) in [4.78, 5) is 1.38. The van der Waals surface area contributed by atoms with E-state index in [0.29, 0.717) is 6.04 Å². The normalized spacial score (nSPS) is 12.9. The molecule has 17 heavy (non-hydrogen) atoms. The van der Waals surface area contributed by atoms with E-state index < -0.39 is 0 Å². The van der Waals surface area contributed by atoms with Crippen molar-refractivity contribution in [3.63, 3.8) is 0 Å². The van der Waals surface area contributed by atoms with Crippen LogP contribution in [0.5, 0.6) is 0 Å². The van der Waals surface area contributed by atoms with Gasteiger partial charge in [-0.2, -0.15) is 5.10 Å². The van der Waals surface area contributed by atoms with Crippen molar-refractivity contribution in [1.29, 1.82) is 0 Å². The molecule has 2 aromatic heterocycles. The number of hydrogen-bond acceptors (Lipinski definition) is 3. The Bertz CT molecular complexity index is 478. The average molecular weight is 314 g/mol. The van der Waals surface area contributed by atoms with Gasteiger partial charge in [-0.3, -0.25) is 4.68 Å². The molecule has 0 spiro atoms. The van der Waals surface area contributed by atoms with Gasteiger partial charge in [-0.15, -0.1) is 11.3 Å². The Morgan fingerprint density at radius 1 is 1.53 bits per heavy atom. The topological polar surface area (TPSA) is 29.9 Å². The highest BCUT2D eigenvalue weighted by Gasteiger charge is 2.11. The molecule has 1 atom stereocenters. The van der Waals surface area contributed by atoms with E-state index in [1.54, 1.807) is 11.3 Å². The van der Waals surface area contributed by atoms with Crippen LogP contribution in [-0.4, -0.2) is 16.8 Å². The van der Waals surface area contributed by atoms with Crippen molar-refractivity contribution >= 4 is 27.3 Å². The zero-order chi connectivity index (χ0) is 12.3. The van der Waals surface area contributed by atoms with Gasteiger partial charge in [0, 0.05) is 24.2 Å². The van der Waals surface area contributed by atoms with Crippen LogP contribution in [0.4, 0.5) is 0 Å². The summed E-state index contributed by atoms with van der Waals surface area (Å²) in [7, 11) is 3.97. The number of nitrogens with zero attached hydrogens (tertiary/aromatic N) is 2. The number of hydrogen-bond donors (Lipinski definition) is 1. The van der Waals surface area contributed by atoms with Crippen LogP contribution >= 0.6 is 27.3 Å². The van der Waals surface area contributed by atoms with Crippen molar-refractivity contribution in [2.75, 3.05) is 7.05 Å². The highest BCUT2D eigenvalue weighted by atomic mass is 79.9. The van der Waals surface area contributed by atoms with E-state index >= 15 is 0 Å². The van der Waals surface area contributed by atoms with Crippen LogP contribution in [-0.2, 0) is 13.5 Å². The molecule has 0 bridgehead atoms. The third-order valence-corrected chi connectivity index (χ3v) is 4.50. The van der Waals surface area contributed by atoms with E-state index in [-0.39, 0.29) is 0 Å². The number of nitrogens with one attached hydrogen (secondary N) is 1. The van der Waals surface area contributed by atoms with Crippen LogP contribution < -0.4 is 5.32 Å². The second kappa shape index (κ2) is 5.80. The first kappa shape index (κ1) is 12.8. The van der Waals surface area contributed by atoms with Crippen molar-refractivity contribution in [2.45, 2.75) is 18.9 Å². The third-order valence-electron chi connectivity index (χ3n) is 2.77. The molecule has 5 heteroatoms. The minimum absolute atomic E-state index is 0.423. The molecule has 0 saturated heterocycles. The zero-order valence-electron chi connectivity index (χ0n) is 9.98. The average Bonchev–Trinajstić information content (AvgIpc) is 2.89. The molecule has 0 fully saturated rings. The second-order valence-corrected chi connectivity index (χ2v) is 6.54.